The van der Waals surface area contributed by atoms with E-state index < -0.39 is 0 Å². The molecule has 0 spiro atoms. The van der Waals surface area contributed by atoms with Gasteiger partial charge in [0.1, 0.15) is 11.5 Å². The molecule has 0 radical (unpaired) electrons. The van der Waals surface area contributed by atoms with Crippen LogP contribution in [0.4, 0.5) is 34.1 Å². The highest BCUT2D eigenvalue weighted by Crippen LogP contribution is 2.50. The predicted molar refractivity (Wildman–Crippen MR) is 358 cm³/mol. The Morgan fingerprint density at radius 2 is 0.682 bits per heavy atom. The zero-order chi connectivity index (χ0) is 55.7. The Labute approximate surface area is 493 Å². The molecule has 2 aromatic heterocycles. The van der Waals surface area contributed by atoms with Crippen LogP contribution in [0.25, 0.3) is 77.2 Å². The summed E-state index contributed by atoms with van der Waals surface area (Å²) in [5, 5.41) is 4.92. The number of hydrogen-bond acceptors (Lipinski definition) is 3. The maximum Gasteiger partial charge on any atom is 0.252 e. The molecule has 0 saturated carbocycles. The zero-order valence-electron chi connectivity index (χ0n) is 46.2. The van der Waals surface area contributed by atoms with Crippen LogP contribution in [-0.2, 0) is 0 Å². The highest BCUT2D eigenvalue weighted by atomic mass is 16.5. The largest absolute Gasteiger partial charge is 0.456 e. The standard InChI is InChI=1S/C78H50B2N4O/c1-5-24-51(25-6-1)57-36-23-37-58(52-26-7-2-8-27-52)75(57)80-65-38-17-22-43-74(65)85-78-66(80)50-73-76-77(78)84(54-30-11-4-12-31-54)72-49-56(83-69-41-20-15-34-61(69)62-35-16-21-42-70(62)83)45-47-64(72)79(76)63-46-44-55(48-71(63)81(73)53-28-9-3-10-29-53)82-67-39-18-13-32-59(67)60-33-14-19-40-68(60)82/h1-50H. The number of fused-ring (bicyclic) bond motifs is 13. The number of ether oxygens (including phenoxy) is 1. The van der Waals surface area contributed by atoms with Gasteiger partial charge >= 0.3 is 0 Å². The second-order valence-electron chi connectivity index (χ2n) is 22.6. The Hall–Kier alpha value is -11.0. The lowest BCUT2D eigenvalue weighted by molar-refractivity contribution is 0.489. The number of benzene rings is 13. The average molecular weight is 1080 g/mol. The van der Waals surface area contributed by atoms with E-state index in [1.54, 1.807) is 0 Å². The number of hydrogen-bond donors (Lipinski definition) is 0. The minimum Gasteiger partial charge on any atom is -0.456 e. The number of aromatic nitrogens is 2. The lowest BCUT2D eigenvalue weighted by atomic mass is 9.31. The van der Waals surface area contributed by atoms with E-state index in [2.05, 4.69) is 322 Å². The van der Waals surface area contributed by atoms with Crippen LogP contribution in [0.2, 0.25) is 0 Å². The Bertz CT molecular complexity index is 5020. The Morgan fingerprint density at radius 1 is 0.271 bits per heavy atom. The Morgan fingerprint density at radius 3 is 1.19 bits per heavy atom. The van der Waals surface area contributed by atoms with E-state index in [1.165, 1.54) is 76.6 Å². The molecule has 13 aromatic carbocycles. The first-order valence-corrected chi connectivity index (χ1v) is 29.4. The third-order valence-corrected chi connectivity index (χ3v) is 18.2. The fraction of sp³-hybridized carbons (Fsp3) is 0. The van der Waals surface area contributed by atoms with Gasteiger partial charge in [-0.05, 0) is 134 Å². The summed E-state index contributed by atoms with van der Waals surface area (Å²) in [4.78, 5) is 5.09. The van der Waals surface area contributed by atoms with Crippen LogP contribution in [-0.4, -0.2) is 22.6 Å². The van der Waals surface area contributed by atoms with Crippen molar-refractivity contribution in [3.05, 3.63) is 303 Å². The van der Waals surface area contributed by atoms with Crippen LogP contribution in [0, 0.1) is 0 Å². The normalized spacial score (nSPS) is 12.9. The Balaban J connectivity index is 0.995. The van der Waals surface area contributed by atoms with Gasteiger partial charge in [0.15, 0.2) is 0 Å². The monoisotopic (exact) mass is 1080 g/mol. The van der Waals surface area contributed by atoms with Crippen molar-refractivity contribution >= 4 is 124 Å². The highest BCUT2D eigenvalue weighted by Gasteiger charge is 2.49. The summed E-state index contributed by atoms with van der Waals surface area (Å²) >= 11 is 0. The molecular formula is C78H50B2N4O. The molecule has 0 fully saturated rings. The van der Waals surface area contributed by atoms with Gasteiger partial charge in [-0.2, -0.15) is 0 Å². The van der Waals surface area contributed by atoms with Crippen molar-refractivity contribution in [1.82, 2.24) is 9.13 Å². The number of para-hydroxylation sites is 7. The first-order valence-electron chi connectivity index (χ1n) is 29.4. The molecule has 5 heterocycles. The molecular weight excluding hydrogens is 1030 g/mol. The van der Waals surface area contributed by atoms with Crippen LogP contribution in [0.1, 0.15) is 0 Å². The minimum atomic E-state index is -0.280. The molecule has 3 aliphatic rings. The molecule has 3 aliphatic heterocycles. The molecule has 0 unspecified atom stereocenters. The number of rotatable bonds is 7. The van der Waals surface area contributed by atoms with Crippen molar-refractivity contribution in [3.63, 3.8) is 0 Å². The molecule has 85 heavy (non-hydrogen) atoms. The van der Waals surface area contributed by atoms with E-state index in [4.69, 9.17) is 4.74 Å². The molecule has 5 nitrogen and oxygen atoms in total. The maximum atomic E-state index is 7.79. The van der Waals surface area contributed by atoms with Gasteiger partial charge in [-0.1, -0.05) is 224 Å². The van der Waals surface area contributed by atoms with Crippen LogP contribution in [0.3, 0.4) is 0 Å². The van der Waals surface area contributed by atoms with Crippen LogP contribution >= 0.6 is 0 Å². The second-order valence-corrected chi connectivity index (χ2v) is 22.6. The third-order valence-electron chi connectivity index (χ3n) is 18.2. The van der Waals surface area contributed by atoms with E-state index in [1.807, 2.05) is 0 Å². The second kappa shape index (κ2) is 18.8. The maximum absolute atomic E-state index is 7.79. The molecule has 0 amide bonds. The molecule has 15 aromatic rings. The van der Waals surface area contributed by atoms with Gasteiger partial charge in [-0.25, -0.2) is 0 Å². The Kier molecular flexibility index (Phi) is 10.5. The fourth-order valence-electron chi connectivity index (χ4n) is 14.7. The van der Waals surface area contributed by atoms with Crippen LogP contribution in [0.5, 0.6) is 11.5 Å². The van der Waals surface area contributed by atoms with Gasteiger partial charge < -0.3 is 23.7 Å². The summed E-state index contributed by atoms with van der Waals surface area (Å²) in [6.07, 6.45) is 0. The molecule has 0 saturated heterocycles. The van der Waals surface area contributed by atoms with Crippen molar-refractivity contribution in [1.29, 1.82) is 0 Å². The first kappa shape index (κ1) is 47.6. The van der Waals surface area contributed by atoms with Crippen LogP contribution in [0.15, 0.2) is 303 Å². The fourth-order valence-corrected chi connectivity index (χ4v) is 14.7. The summed E-state index contributed by atoms with van der Waals surface area (Å²) in [6.45, 7) is -0.493. The van der Waals surface area contributed by atoms with Crippen molar-refractivity contribution in [2.75, 3.05) is 9.80 Å². The van der Waals surface area contributed by atoms with Crippen molar-refractivity contribution in [2.24, 2.45) is 0 Å². The van der Waals surface area contributed by atoms with Gasteiger partial charge in [0, 0.05) is 61.4 Å². The summed E-state index contributed by atoms with van der Waals surface area (Å²) < 4.78 is 12.7. The molecule has 0 aliphatic carbocycles. The summed E-state index contributed by atoms with van der Waals surface area (Å²) in [5.41, 5.74) is 25.1. The smallest absolute Gasteiger partial charge is 0.252 e. The van der Waals surface area contributed by atoms with Crippen molar-refractivity contribution < 1.29 is 4.74 Å². The molecule has 0 bridgehead atoms. The van der Waals surface area contributed by atoms with Crippen molar-refractivity contribution in [2.45, 2.75) is 0 Å². The molecule has 394 valence electrons. The highest BCUT2D eigenvalue weighted by molar-refractivity contribution is 7.02. The van der Waals surface area contributed by atoms with Gasteiger partial charge in [-0.15, -0.1) is 0 Å². The predicted octanol–water partition coefficient (Wildman–Crippen LogP) is 15.9. The molecule has 0 atom stereocenters. The first-order chi connectivity index (χ1) is 42.2. The lowest BCUT2D eigenvalue weighted by Crippen LogP contribution is -2.63. The van der Waals surface area contributed by atoms with Gasteiger partial charge in [0.05, 0.1) is 27.8 Å². The van der Waals surface area contributed by atoms with E-state index in [0.29, 0.717) is 0 Å². The van der Waals surface area contributed by atoms with Crippen LogP contribution < -0.4 is 47.3 Å². The average Bonchev–Trinajstić information content (AvgIpc) is 1.38. The summed E-state index contributed by atoms with van der Waals surface area (Å²) in [5.74, 6) is 1.70. The van der Waals surface area contributed by atoms with Gasteiger partial charge in [0.2, 0.25) is 0 Å². The van der Waals surface area contributed by atoms with E-state index in [0.717, 1.165) is 79.1 Å². The van der Waals surface area contributed by atoms with E-state index in [-0.39, 0.29) is 13.4 Å². The summed E-state index contributed by atoms with van der Waals surface area (Å²) in [6, 6.07) is 112. The topological polar surface area (TPSA) is 25.6 Å². The minimum absolute atomic E-state index is 0.213. The summed E-state index contributed by atoms with van der Waals surface area (Å²) in [7, 11) is 0. The molecule has 18 rings (SSSR count). The van der Waals surface area contributed by atoms with Gasteiger partial charge in [0.25, 0.3) is 13.4 Å². The SMILES string of the molecule is c1ccc(-c2cccc(-c3ccccc3)c2B2c3ccccc3Oc3c2cc2c4c3N(c3ccccc3)c3cc(-n5c6ccccc6c6ccccc65)ccc3B4c3ccc(-n4c5ccccc5c5ccccc54)cc3N2c2ccccc2)cc1. The van der Waals surface area contributed by atoms with E-state index in [9.17, 15) is 0 Å². The van der Waals surface area contributed by atoms with Crippen molar-refractivity contribution in [3.8, 4) is 45.1 Å². The zero-order valence-corrected chi connectivity index (χ0v) is 46.2. The number of nitrogens with zero attached hydrogens (tertiary/aromatic N) is 4. The molecule has 0 N–H and O–H groups in total. The number of anilines is 6. The quantitative estimate of drug-likeness (QED) is 0.149. The van der Waals surface area contributed by atoms with Gasteiger partial charge in [-0.3, -0.25) is 0 Å². The lowest BCUT2D eigenvalue weighted by Gasteiger charge is -2.46. The third kappa shape index (κ3) is 7.08. The molecule has 7 heteroatoms. The van der Waals surface area contributed by atoms with E-state index >= 15 is 0 Å².